The Hall–Kier alpha value is -2.39. The third-order valence-corrected chi connectivity index (χ3v) is 5.41. The number of para-hydroxylation sites is 1. The molecule has 0 aliphatic rings. The minimum Gasteiger partial charge on any atom is -0.351 e. The van der Waals surface area contributed by atoms with Gasteiger partial charge in [-0.25, -0.2) is 0 Å². The zero-order chi connectivity index (χ0) is 15.8. The summed E-state index contributed by atoms with van der Waals surface area (Å²) in [5.74, 6) is 0. The summed E-state index contributed by atoms with van der Waals surface area (Å²) in [6, 6.07) is 17.4. The van der Waals surface area contributed by atoms with Crippen LogP contribution in [-0.4, -0.2) is 4.57 Å². The van der Waals surface area contributed by atoms with Crippen molar-refractivity contribution in [2.24, 2.45) is 7.05 Å². The first kappa shape index (κ1) is 14.2. The molecule has 23 heavy (non-hydrogen) atoms. The van der Waals surface area contributed by atoms with E-state index in [1.54, 1.807) is 0 Å². The van der Waals surface area contributed by atoms with Crippen molar-refractivity contribution in [1.82, 2.24) is 4.57 Å². The predicted molar refractivity (Wildman–Crippen MR) is 99.5 cm³/mol. The van der Waals surface area contributed by atoms with Gasteiger partial charge >= 0.3 is 0 Å². The Morgan fingerprint density at radius 3 is 2.83 bits per heavy atom. The van der Waals surface area contributed by atoms with Crippen molar-refractivity contribution in [1.29, 1.82) is 0 Å². The van der Waals surface area contributed by atoms with Gasteiger partial charge in [0, 0.05) is 30.9 Å². The van der Waals surface area contributed by atoms with Crippen LogP contribution in [0, 0.1) is 0 Å². The molecule has 4 rings (SSSR count). The van der Waals surface area contributed by atoms with E-state index in [4.69, 9.17) is 0 Å². The highest BCUT2D eigenvalue weighted by Crippen LogP contribution is 2.23. The summed E-state index contributed by atoms with van der Waals surface area (Å²) in [4.78, 5) is 0. The number of rotatable bonds is 3. The van der Waals surface area contributed by atoms with Crippen LogP contribution < -0.4 is 4.57 Å². The summed E-state index contributed by atoms with van der Waals surface area (Å²) in [7, 11) is 2.09. The maximum absolute atomic E-state index is 2.37. The Balaban J connectivity index is 1.76. The van der Waals surface area contributed by atoms with E-state index in [0.29, 0.717) is 0 Å². The fourth-order valence-corrected chi connectivity index (χ4v) is 4.18. The van der Waals surface area contributed by atoms with Crippen molar-refractivity contribution in [2.45, 2.75) is 13.5 Å². The molecule has 114 valence electrons. The largest absolute Gasteiger partial charge is 0.351 e. The van der Waals surface area contributed by atoms with E-state index in [2.05, 4.69) is 90.0 Å². The summed E-state index contributed by atoms with van der Waals surface area (Å²) in [6.07, 6.45) is 6.55. The number of hydrogen-bond acceptors (Lipinski definition) is 1. The van der Waals surface area contributed by atoms with E-state index in [9.17, 15) is 0 Å². The minimum atomic E-state index is 0.987. The van der Waals surface area contributed by atoms with Gasteiger partial charge in [-0.15, -0.1) is 0 Å². The van der Waals surface area contributed by atoms with Crippen LogP contribution in [0.5, 0.6) is 0 Å². The summed E-state index contributed by atoms with van der Waals surface area (Å²) in [6.45, 7) is 3.19. The maximum Gasteiger partial charge on any atom is 0.262 e. The van der Waals surface area contributed by atoms with Gasteiger partial charge in [0.05, 0.1) is 0 Å². The van der Waals surface area contributed by atoms with E-state index in [1.807, 2.05) is 11.3 Å². The molecule has 3 heteroatoms. The first-order valence-electron chi connectivity index (χ1n) is 7.91. The van der Waals surface area contributed by atoms with E-state index in [-0.39, 0.29) is 0 Å². The van der Waals surface area contributed by atoms with Crippen molar-refractivity contribution >= 4 is 44.6 Å². The van der Waals surface area contributed by atoms with Crippen LogP contribution in [0.2, 0.25) is 0 Å². The molecule has 0 saturated carbocycles. The molecule has 0 bridgehead atoms. The predicted octanol–water partition coefficient (Wildman–Crippen LogP) is 4.87. The fourth-order valence-electron chi connectivity index (χ4n) is 3.05. The van der Waals surface area contributed by atoms with Crippen LogP contribution in [0.1, 0.15) is 17.5 Å². The molecule has 0 spiro atoms. The first-order chi connectivity index (χ1) is 11.3. The van der Waals surface area contributed by atoms with Gasteiger partial charge in [-0.2, -0.15) is 4.57 Å². The van der Waals surface area contributed by atoms with Crippen molar-refractivity contribution in [3.8, 4) is 0 Å². The zero-order valence-electron chi connectivity index (χ0n) is 13.4. The minimum absolute atomic E-state index is 0.987. The number of aromatic nitrogens is 2. The van der Waals surface area contributed by atoms with E-state index in [0.717, 1.165) is 6.54 Å². The molecule has 0 aliphatic heterocycles. The molecule has 0 N–H and O–H groups in total. The van der Waals surface area contributed by atoms with Crippen molar-refractivity contribution in [2.75, 3.05) is 0 Å². The van der Waals surface area contributed by atoms with E-state index >= 15 is 0 Å². The standard InChI is InChI=1S/C20H19N2S/c1-3-22-17-6-4-5-7-19(17)23-20(22)11-9-15-8-10-16-12-13-21(2)18(16)14-15/h4-14H,3H2,1-2H3/q+1. The number of aryl methyl sites for hydroxylation is 2. The fraction of sp³-hybridized carbons (Fsp3) is 0.150. The van der Waals surface area contributed by atoms with Gasteiger partial charge in [-0.3, -0.25) is 0 Å². The van der Waals surface area contributed by atoms with Gasteiger partial charge in [0.25, 0.3) is 5.01 Å². The Kier molecular flexibility index (Phi) is 3.50. The molecule has 0 amide bonds. The summed E-state index contributed by atoms with van der Waals surface area (Å²) in [5, 5.41) is 2.58. The van der Waals surface area contributed by atoms with Crippen LogP contribution in [0.3, 0.4) is 0 Å². The van der Waals surface area contributed by atoms with Crippen molar-refractivity contribution in [3.05, 3.63) is 65.3 Å². The third-order valence-electron chi connectivity index (χ3n) is 4.28. The van der Waals surface area contributed by atoms with Crippen LogP contribution in [0.4, 0.5) is 0 Å². The molecule has 0 aliphatic carbocycles. The average Bonchev–Trinajstić information content (AvgIpc) is 3.13. The highest BCUT2D eigenvalue weighted by atomic mass is 32.1. The summed E-state index contributed by atoms with van der Waals surface area (Å²) >= 11 is 1.85. The molecule has 2 nitrogen and oxygen atoms in total. The Labute approximate surface area is 139 Å². The molecule has 2 aromatic heterocycles. The lowest BCUT2D eigenvalue weighted by molar-refractivity contribution is -0.665. The summed E-state index contributed by atoms with van der Waals surface area (Å²) in [5.41, 5.74) is 3.82. The molecule has 2 heterocycles. The molecule has 0 unspecified atom stereocenters. The lowest BCUT2D eigenvalue weighted by Crippen LogP contribution is -2.33. The number of fused-ring (bicyclic) bond motifs is 2. The van der Waals surface area contributed by atoms with Crippen LogP contribution in [0.15, 0.2) is 54.7 Å². The monoisotopic (exact) mass is 319 g/mol. The summed E-state index contributed by atoms with van der Waals surface area (Å²) < 4.78 is 5.88. The zero-order valence-corrected chi connectivity index (χ0v) is 14.2. The maximum atomic E-state index is 2.37. The highest BCUT2D eigenvalue weighted by molar-refractivity contribution is 7.18. The Morgan fingerprint density at radius 2 is 1.96 bits per heavy atom. The molecule has 0 radical (unpaired) electrons. The van der Waals surface area contributed by atoms with Gasteiger partial charge < -0.3 is 4.57 Å². The average molecular weight is 319 g/mol. The SMILES string of the molecule is CC[n+]1c(/C=C/c2ccc3ccn(C)c3c2)sc2ccccc21. The second-order valence-electron chi connectivity index (χ2n) is 5.73. The second kappa shape index (κ2) is 5.67. The Morgan fingerprint density at radius 1 is 1.09 bits per heavy atom. The van der Waals surface area contributed by atoms with Crippen molar-refractivity contribution in [3.63, 3.8) is 0 Å². The topological polar surface area (TPSA) is 8.81 Å². The van der Waals surface area contributed by atoms with Crippen LogP contribution in [0.25, 0.3) is 33.3 Å². The normalized spacial score (nSPS) is 11.9. The van der Waals surface area contributed by atoms with Crippen LogP contribution >= 0.6 is 11.3 Å². The van der Waals surface area contributed by atoms with Gasteiger partial charge in [-0.1, -0.05) is 35.6 Å². The second-order valence-corrected chi connectivity index (χ2v) is 6.79. The lowest BCUT2D eigenvalue weighted by atomic mass is 10.1. The Bertz CT molecular complexity index is 1020. The quantitative estimate of drug-likeness (QED) is 0.476. The molecule has 4 aromatic rings. The number of benzene rings is 2. The number of hydrogen-bond donors (Lipinski definition) is 0. The molecule has 0 saturated heterocycles. The van der Waals surface area contributed by atoms with Gasteiger partial charge in [0.2, 0.25) is 5.52 Å². The molecule has 0 fully saturated rings. The smallest absolute Gasteiger partial charge is 0.262 e. The lowest BCUT2D eigenvalue weighted by Gasteiger charge is -1.98. The molecular weight excluding hydrogens is 300 g/mol. The van der Waals surface area contributed by atoms with Crippen LogP contribution in [-0.2, 0) is 13.6 Å². The van der Waals surface area contributed by atoms with Gasteiger partial charge in [0.15, 0.2) is 0 Å². The third kappa shape index (κ3) is 2.47. The highest BCUT2D eigenvalue weighted by Gasteiger charge is 2.15. The molecule has 2 aromatic carbocycles. The number of thiazole rings is 1. The van der Waals surface area contributed by atoms with Gasteiger partial charge in [-0.05, 0) is 42.1 Å². The first-order valence-corrected chi connectivity index (χ1v) is 8.72. The van der Waals surface area contributed by atoms with E-state index < -0.39 is 0 Å². The van der Waals surface area contributed by atoms with Gasteiger partial charge in [0.1, 0.15) is 11.2 Å². The molecular formula is C20H19N2S+. The number of nitrogens with zero attached hydrogens (tertiary/aromatic N) is 2. The molecule has 0 atom stereocenters. The van der Waals surface area contributed by atoms with Crippen molar-refractivity contribution < 1.29 is 4.57 Å². The van der Waals surface area contributed by atoms with E-state index in [1.165, 1.54) is 31.7 Å².